The Morgan fingerprint density at radius 1 is 1.18 bits per heavy atom. The van der Waals surface area contributed by atoms with Gasteiger partial charge in [0, 0.05) is 42.5 Å². The van der Waals surface area contributed by atoms with E-state index in [-0.39, 0.29) is 16.5 Å². The first-order valence-electron chi connectivity index (χ1n) is 11.4. The number of benzene rings is 1. The van der Waals surface area contributed by atoms with E-state index in [2.05, 4.69) is 15.5 Å². The van der Waals surface area contributed by atoms with Gasteiger partial charge in [0.1, 0.15) is 11.6 Å². The highest BCUT2D eigenvalue weighted by atomic mass is 35.5. The SMILES string of the molecule is Cc1cc(Nc2cc(CC3CCN(C(=O)c4cccc(Cl)c4F)CC3)nc(C3CC3)n2)n[nH]1. The molecule has 5 rings (SSSR count). The molecule has 1 amide bonds. The lowest BCUT2D eigenvalue weighted by Gasteiger charge is -2.32. The number of carbonyl (C=O) groups excluding carboxylic acids is 1. The van der Waals surface area contributed by atoms with Gasteiger partial charge in [0.05, 0.1) is 10.6 Å². The Morgan fingerprint density at radius 3 is 2.67 bits per heavy atom. The zero-order valence-electron chi connectivity index (χ0n) is 18.4. The van der Waals surface area contributed by atoms with Crippen molar-refractivity contribution in [1.29, 1.82) is 0 Å². The minimum Gasteiger partial charge on any atom is -0.339 e. The Kier molecular flexibility index (Phi) is 6.01. The number of likely N-dealkylation sites (tertiary alicyclic amines) is 1. The van der Waals surface area contributed by atoms with Crippen LogP contribution in [0.5, 0.6) is 0 Å². The summed E-state index contributed by atoms with van der Waals surface area (Å²) in [4.78, 5) is 24.0. The molecule has 0 bridgehead atoms. The summed E-state index contributed by atoms with van der Waals surface area (Å²) in [5, 5.41) is 10.4. The van der Waals surface area contributed by atoms with Crippen LogP contribution in [0.4, 0.5) is 16.0 Å². The topological polar surface area (TPSA) is 86.8 Å². The summed E-state index contributed by atoms with van der Waals surface area (Å²) in [7, 11) is 0. The van der Waals surface area contributed by atoms with Crippen LogP contribution < -0.4 is 5.32 Å². The molecule has 0 spiro atoms. The van der Waals surface area contributed by atoms with Crippen molar-refractivity contribution in [1.82, 2.24) is 25.1 Å². The van der Waals surface area contributed by atoms with E-state index in [1.807, 2.05) is 19.1 Å². The Bertz CT molecular complexity index is 1170. The summed E-state index contributed by atoms with van der Waals surface area (Å²) < 4.78 is 14.3. The van der Waals surface area contributed by atoms with Crippen LogP contribution in [-0.2, 0) is 6.42 Å². The first kappa shape index (κ1) is 21.8. The second kappa shape index (κ2) is 9.09. The van der Waals surface area contributed by atoms with Gasteiger partial charge >= 0.3 is 0 Å². The predicted octanol–water partition coefficient (Wildman–Crippen LogP) is 5.02. The quantitative estimate of drug-likeness (QED) is 0.530. The summed E-state index contributed by atoms with van der Waals surface area (Å²) in [6.07, 6.45) is 4.77. The van der Waals surface area contributed by atoms with Crippen LogP contribution in [0.2, 0.25) is 5.02 Å². The Labute approximate surface area is 196 Å². The molecule has 2 fully saturated rings. The van der Waals surface area contributed by atoms with Gasteiger partial charge in [-0.05, 0) is 57.1 Å². The molecule has 1 aliphatic carbocycles. The van der Waals surface area contributed by atoms with E-state index in [1.165, 1.54) is 12.1 Å². The maximum absolute atomic E-state index is 14.3. The average molecular weight is 469 g/mol. The molecule has 0 radical (unpaired) electrons. The number of hydrogen-bond donors (Lipinski definition) is 2. The zero-order chi connectivity index (χ0) is 22.9. The fourth-order valence-corrected chi connectivity index (χ4v) is 4.47. The number of aromatic nitrogens is 4. The van der Waals surface area contributed by atoms with Gasteiger partial charge < -0.3 is 10.2 Å². The molecule has 1 saturated carbocycles. The maximum Gasteiger partial charge on any atom is 0.256 e. The Morgan fingerprint density at radius 2 is 1.97 bits per heavy atom. The zero-order valence-corrected chi connectivity index (χ0v) is 19.2. The van der Waals surface area contributed by atoms with E-state index in [4.69, 9.17) is 21.6 Å². The number of piperidine rings is 1. The Balaban J connectivity index is 1.24. The van der Waals surface area contributed by atoms with Crippen LogP contribution in [-0.4, -0.2) is 44.1 Å². The monoisotopic (exact) mass is 468 g/mol. The molecule has 2 aromatic heterocycles. The highest BCUT2D eigenvalue weighted by Gasteiger charge is 2.29. The van der Waals surface area contributed by atoms with E-state index in [0.717, 1.165) is 61.0 Å². The van der Waals surface area contributed by atoms with Crippen molar-refractivity contribution in [3.8, 4) is 0 Å². The molecule has 9 heteroatoms. The van der Waals surface area contributed by atoms with Crippen LogP contribution in [0.15, 0.2) is 30.3 Å². The minimum absolute atomic E-state index is 0.0274. The predicted molar refractivity (Wildman–Crippen MR) is 124 cm³/mol. The molecule has 0 atom stereocenters. The molecule has 2 N–H and O–H groups in total. The molecular formula is C24H26ClFN6O. The van der Waals surface area contributed by atoms with Crippen LogP contribution in [0.3, 0.4) is 0 Å². The van der Waals surface area contributed by atoms with E-state index < -0.39 is 5.82 Å². The summed E-state index contributed by atoms with van der Waals surface area (Å²) in [5.41, 5.74) is 2.02. The van der Waals surface area contributed by atoms with E-state index >= 15 is 0 Å². The number of hydrogen-bond acceptors (Lipinski definition) is 5. The van der Waals surface area contributed by atoms with E-state index in [0.29, 0.717) is 24.9 Å². The van der Waals surface area contributed by atoms with Gasteiger partial charge in [-0.25, -0.2) is 14.4 Å². The Hall–Kier alpha value is -3.00. The molecule has 0 unspecified atom stereocenters. The van der Waals surface area contributed by atoms with Crippen LogP contribution in [0.1, 0.15) is 59.2 Å². The third kappa shape index (κ3) is 5.00. The van der Waals surface area contributed by atoms with E-state index in [1.54, 1.807) is 11.0 Å². The lowest BCUT2D eigenvalue weighted by Crippen LogP contribution is -2.39. The third-order valence-electron chi connectivity index (χ3n) is 6.28. The number of nitrogens with zero attached hydrogens (tertiary/aromatic N) is 4. The first-order valence-corrected chi connectivity index (χ1v) is 11.7. The first-order chi connectivity index (χ1) is 16.0. The maximum atomic E-state index is 14.3. The second-order valence-electron chi connectivity index (χ2n) is 8.98. The average Bonchev–Trinajstić information content (AvgIpc) is 3.58. The summed E-state index contributed by atoms with van der Waals surface area (Å²) in [6.45, 7) is 3.14. The van der Waals surface area contributed by atoms with Crippen LogP contribution in [0.25, 0.3) is 0 Å². The van der Waals surface area contributed by atoms with Crippen molar-refractivity contribution < 1.29 is 9.18 Å². The molecule has 2 aliphatic rings. The molecule has 7 nitrogen and oxygen atoms in total. The molecule has 33 heavy (non-hydrogen) atoms. The number of halogens is 2. The molecule has 3 aromatic rings. The number of anilines is 2. The summed E-state index contributed by atoms with van der Waals surface area (Å²) >= 11 is 5.85. The van der Waals surface area contributed by atoms with Gasteiger partial charge in [0.15, 0.2) is 11.6 Å². The second-order valence-corrected chi connectivity index (χ2v) is 9.39. The number of aryl methyl sites for hydroxylation is 1. The highest BCUT2D eigenvalue weighted by Crippen LogP contribution is 2.39. The summed E-state index contributed by atoms with van der Waals surface area (Å²) in [6, 6.07) is 8.48. The molecular weight excluding hydrogens is 443 g/mol. The minimum atomic E-state index is -0.646. The van der Waals surface area contributed by atoms with Gasteiger partial charge in [-0.15, -0.1) is 0 Å². The molecule has 1 aromatic carbocycles. The van der Waals surface area contributed by atoms with E-state index in [9.17, 15) is 9.18 Å². The van der Waals surface area contributed by atoms with Crippen molar-refractivity contribution in [2.75, 3.05) is 18.4 Å². The normalized spacial score (nSPS) is 16.8. The number of rotatable bonds is 6. The van der Waals surface area contributed by atoms with Gasteiger partial charge in [-0.1, -0.05) is 17.7 Å². The fourth-order valence-electron chi connectivity index (χ4n) is 4.30. The standard InChI is InChI=1S/C24H26ClFN6O/c1-14-11-21(31-30-14)28-20-13-17(27-23(29-20)16-5-6-16)12-15-7-9-32(10-8-15)24(33)18-3-2-4-19(25)22(18)26/h2-4,11,13,15-16H,5-10,12H2,1H3,(H2,27,28,29,30,31). The van der Waals surface area contributed by atoms with Gasteiger partial charge in [0.2, 0.25) is 0 Å². The van der Waals surface area contributed by atoms with Crippen molar-refractivity contribution in [3.63, 3.8) is 0 Å². The molecule has 1 aliphatic heterocycles. The van der Waals surface area contributed by atoms with Crippen molar-refractivity contribution in [2.45, 2.75) is 44.9 Å². The summed E-state index contributed by atoms with van der Waals surface area (Å²) in [5.74, 6) is 2.29. The number of H-pyrrole nitrogens is 1. The van der Waals surface area contributed by atoms with Gasteiger partial charge in [0.25, 0.3) is 5.91 Å². The van der Waals surface area contributed by atoms with Crippen molar-refractivity contribution in [2.24, 2.45) is 5.92 Å². The van der Waals surface area contributed by atoms with Crippen LogP contribution >= 0.6 is 11.6 Å². The van der Waals surface area contributed by atoms with Gasteiger partial charge in [-0.2, -0.15) is 5.10 Å². The molecule has 3 heterocycles. The lowest BCUT2D eigenvalue weighted by atomic mass is 9.91. The molecule has 172 valence electrons. The number of nitrogens with one attached hydrogen (secondary N) is 2. The number of carbonyl (C=O) groups is 1. The lowest BCUT2D eigenvalue weighted by molar-refractivity contribution is 0.0685. The smallest absolute Gasteiger partial charge is 0.256 e. The third-order valence-corrected chi connectivity index (χ3v) is 6.57. The number of aromatic amines is 1. The van der Waals surface area contributed by atoms with Gasteiger partial charge in [-0.3, -0.25) is 9.89 Å². The fraction of sp³-hybridized carbons (Fsp3) is 0.417. The highest BCUT2D eigenvalue weighted by molar-refractivity contribution is 6.31. The van der Waals surface area contributed by atoms with Crippen LogP contribution in [0, 0.1) is 18.7 Å². The molecule has 1 saturated heterocycles. The van der Waals surface area contributed by atoms with Crippen molar-refractivity contribution >= 4 is 29.1 Å². The van der Waals surface area contributed by atoms with Crippen molar-refractivity contribution in [3.05, 3.63) is 63.9 Å². The largest absolute Gasteiger partial charge is 0.339 e. The number of amides is 1.